The normalized spacial score (nSPS) is 29.8. The van der Waals surface area contributed by atoms with Crippen LogP contribution in [0.2, 0.25) is 0 Å². The fourth-order valence-electron chi connectivity index (χ4n) is 2.80. The Balaban J connectivity index is 1.84. The van der Waals surface area contributed by atoms with Crippen molar-refractivity contribution in [2.45, 2.75) is 39.2 Å². The molecule has 3 atom stereocenters. The van der Waals surface area contributed by atoms with Gasteiger partial charge in [0.2, 0.25) is 0 Å². The monoisotopic (exact) mass is 254 g/mol. The van der Waals surface area contributed by atoms with Gasteiger partial charge < -0.3 is 15.3 Å². The number of carboxylic acids is 1. The zero-order valence-corrected chi connectivity index (χ0v) is 11.1. The van der Waals surface area contributed by atoms with Gasteiger partial charge in [-0.05, 0) is 31.6 Å². The van der Waals surface area contributed by atoms with Gasteiger partial charge in [0.15, 0.2) is 0 Å². The number of hydrogen-bond donors (Lipinski definition) is 2. The Labute approximate surface area is 108 Å². The number of urea groups is 1. The van der Waals surface area contributed by atoms with Gasteiger partial charge >= 0.3 is 12.0 Å². The first kappa shape index (κ1) is 13.2. The van der Waals surface area contributed by atoms with Gasteiger partial charge in [-0.15, -0.1) is 0 Å². The van der Waals surface area contributed by atoms with E-state index in [1.54, 1.807) is 4.90 Å². The van der Waals surface area contributed by atoms with Crippen molar-refractivity contribution in [3.8, 4) is 0 Å². The summed E-state index contributed by atoms with van der Waals surface area (Å²) in [6.45, 7) is 4.80. The van der Waals surface area contributed by atoms with Gasteiger partial charge in [-0.2, -0.15) is 0 Å². The number of rotatable bonds is 3. The molecule has 1 aliphatic heterocycles. The number of likely N-dealkylation sites (tertiary alicyclic amines) is 1. The van der Waals surface area contributed by atoms with E-state index in [9.17, 15) is 9.59 Å². The first-order chi connectivity index (χ1) is 8.49. The van der Waals surface area contributed by atoms with E-state index < -0.39 is 11.9 Å². The fraction of sp³-hybridized carbons (Fsp3) is 0.846. The van der Waals surface area contributed by atoms with Crippen LogP contribution >= 0.6 is 0 Å². The van der Waals surface area contributed by atoms with E-state index in [-0.39, 0.29) is 18.0 Å². The van der Waals surface area contributed by atoms with Crippen molar-refractivity contribution in [1.82, 2.24) is 10.2 Å². The number of amides is 2. The van der Waals surface area contributed by atoms with Crippen molar-refractivity contribution in [2.24, 2.45) is 17.8 Å². The zero-order valence-electron chi connectivity index (χ0n) is 11.1. The summed E-state index contributed by atoms with van der Waals surface area (Å²) >= 11 is 0. The van der Waals surface area contributed by atoms with Crippen LogP contribution in [0, 0.1) is 17.8 Å². The van der Waals surface area contributed by atoms with Crippen LogP contribution in [0.15, 0.2) is 0 Å². The quantitative estimate of drug-likeness (QED) is 0.802. The Morgan fingerprint density at radius 2 is 2.00 bits per heavy atom. The van der Waals surface area contributed by atoms with E-state index in [1.807, 2.05) is 13.8 Å². The Hall–Kier alpha value is -1.26. The van der Waals surface area contributed by atoms with E-state index >= 15 is 0 Å². The Kier molecular flexibility index (Phi) is 3.78. The highest BCUT2D eigenvalue weighted by atomic mass is 16.4. The molecule has 0 aromatic carbocycles. The molecule has 18 heavy (non-hydrogen) atoms. The molecule has 2 rings (SSSR count). The third-order valence-corrected chi connectivity index (χ3v) is 4.42. The van der Waals surface area contributed by atoms with Crippen molar-refractivity contribution < 1.29 is 14.7 Å². The minimum Gasteiger partial charge on any atom is -0.481 e. The van der Waals surface area contributed by atoms with Crippen molar-refractivity contribution in [3.05, 3.63) is 0 Å². The van der Waals surface area contributed by atoms with Gasteiger partial charge in [0.1, 0.15) is 0 Å². The molecule has 0 radical (unpaired) electrons. The predicted octanol–water partition coefficient (Wildman–Crippen LogP) is 1.54. The average Bonchev–Trinajstić information content (AvgIpc) is 2.57. The average molecular weight is 254 g/mol. The van der Waals surface area contributed by atoms with Crippen LogP contribution in [-0.4, -0.2) is 41.1 Å². The predicted molar refractivity (Wildman–Crippen MR) is 67.2 cm³/mol. The highest BCUT2D eigenvalue weighted by Crippen LogP contribution is 2.30. The van der Waals surface area contributed by atoms with Crippen LogP contribution in [0.5, 0.6) is 0 Å². The molecular weight excluding hydrogens is 232 g/mol. The molecule has 1 saturated heterocycles. The summed E-state index contributed by atoms with van der Waals surface area (Å²) in [5.41, 5.74) is 0. The van der Waals surface area contributed by atoms with Gasteiger partial charge in [0.05, 0.1) is 5.92 Å². The molecule has 5 nitrogen and oxygen atoms in total. The molecule has 2 aliphatic rings. The Morgan fingerprint density at radius 1 is 1.33 bits per heavy atom. The van der Waals surface area contributed by atoms with Crippen molar-refractivity contribution >= 4 is 12.0 Å². The molecule has 1 unspecified atom stereocenters. The van der Waals surface area contributed by atoms with Crippen LogP contribution in [0.25, 0.3) is 0 Å². The van der Waals surface area contributed by atoms with Gasteiger partial charge in [0.25, 0.3) is 0 Å². The lowest BCUT2D eigenvalue weighted by Crippen LogP contribution is -2.47. The van der Waals surface area contributed by atoms with Gasteiger partial charge in [-0.25, -0.2) is 4.79 Å². The topological polar surface area (TPSA) is 69.6 Å². The number of carbonyl (C=O) groups is 2. The molecule has 0 spiro atoms. The second-order valence-corrected chi connectivity index (χ2v) is 5.76. The molecule has 102 valence electrons. The zero-order chi connectivity index (χ0) is 13.3. The molecule has 2 N–H and O–H groups in total. The van der Waals surface area contributed by atoms with Gasteiger partial charge in [-0.3, -0.25) is 4.79 Å². The third kappa shape index (κ3) is 2.60. The summed E-state index contributed by atoms with van der Waals surface area (Å²) in [5.74, 6) is -0.587. The van der Waals surface area contributed by atoms with Crippen molar-refractivity contribution in [1.29, 1.82) is 0 Å². The molecule has 0 aromatic rings. The fourth-order valence-corrected chi connectivity index (χ4v) is 2.80. The molecule has 2 amide bonds. The van der Waals surface area contributed by atoms with E-state index in [2.05, 4.69) is 5.32 Å². The molecule has 1 saturated carbocycles. The molecule has 1 aliphatic carbocycles. The highest BCUT2D eigenvalue weighted by molar-refractivity contribution is 5.77. The second-order valence-electron chi connectivity index (χ2n) is 5.76. The van der Waals surface area contributed by atoms with Crippen LogP contribution in [0.4, 0.5) is 4.79 Å². The molecule has 1 heterocycles. The Morgan fingerprint density at radius 3 is 2.44 bits per heavy atom. The minimum atomic E-state index is -0.801. The number of nitrogens with zero attached hydrogens (tertiary/aromatic N) is 1. The van der Waals surface area contributed by atoms with Crippen LogP contribution < -0.4 is 5.32 Å². The summed E-state index contributed by atoms with van der Waals surface area (Å²) in [6.07, 6.45) is 3.64. The van der Waals surface area contributed by atoms with E-state index in [4.69, 9.17) is 5.11 Å². The van der Waals surface area contributed by atoms with Crippen LogP contribution in [0.1, 0.15) is 33.1 Å². The van der Waals surface area contributed by atoms with Crippen molar-refractivity contribution in [2.75, 3.05) is 13.1 Å². The lowest BCUT2D eigenvalue weighted by Gasteiger charge is -2.33. The summed E-state index contributed by atoms with van der Waals surface area (Å²) in [5, 5.41) is 12.0. The molecular formula is C13H22N2O3. The third-order valence-electron chi connectivity index (χ3n) is 4.42. The molecule has 0 aromatic heterocycles. The number of carbonyl (C=O) groups excluding carboxylic acids is 1. The van der Waals surface area contributed by atoms with Gasteiger partial charge in [0, 0.05) is 19.1 Å². The number of nitrogens with one attached hydrogen (secondary N) is 1. The maximum Gasteiger partial charge on any atom is 0.317 e. The number of aliphatic carboxylic acids is 1. The summed E-state index contributed by atoms with van der Waals surface area (Å²) in [7, 11) is 0. The first-order valence-electron chi connectivity index (χ1n) is 6.77. The van der Waals surface area contributed by atoms with E-state index in [0.29, 0.717) is 19.0 Å². The maximum atomic E-state index is 12.0. The molecule has 0 bridgehead atoms. The summed E-state index contributed by atoms with van der Waals surface area (Å²) in [4.78, 5) is 24.7. The standard InChI is InChI=1S/C13H22N2O3/c1-8-6-15(7-11(8)12(16)17)13(18)14-9(2)10-4-3-5-10/h8-11H,3-7H2,1-2H3,(H,14,18)(H,16,17)/t8-,9?,11-/m1/s1. The summed E-state index contributed by atoms with van der Waals surface area (Å²) < 4.78 is 0. The minimum absolute atomic E-state index is 0.0345. The highest BCUT2D eigenvalue weighted by Gasteiger charge is 2.37. The second kappa shape index (κ2) is 5.16. The van der Waals surface area contributed by atoms with Gasteiger partial charge in [-0.1, -0.05) is 13.3 Å². The van der Waals surface area contributed by atoms with E-state index in [0.717, 1.165) is 0 Å². The largest absolute Gasteiger partial charge is 0.481 e. The van der Waals surface area contributed by atoms with Crippen molar-refractivity contribution in [3.63, 3.8) is 0 Å². The smallest absolute Gasteiger partial charge is 0.317 e. The number of hydrogen-bond acceptors (Lipinski definition) is 2. The lowest BCUT2D eigenvalue weighted by atomic mass is 9.80. The number of carboxylic acid groups (broad SMARTS) is 1. The lowest BCUT2D eigenvalue weighted by molar-refractivity contribution is -0.142. The maximum absolute atomic E-state index is 12.0. The van der Waals surface area contributed by atoms with Crippen LogP contribution in [0.3, 0.4) is 0 Å². The van der Waals surface area contributed by atoms with E-state index in [1.165, 1.54) is 19.3 Å². The first-order valence-corrected chi connectivity index (χ1v) is 6.77. The molecule has 2 fully saturated rings. The van der Waals surface area contributed by atoms with Crippen LogP contribution in [-0.2, 0) is 4.79 Å². The molecule has 5 heteroatoms. The summed E-state index contributed by atoms with van der Waals surface area (Å²) in [6, 6.07) is 0.0930. The Bertz CT molecular complexity index is 341. The SMILES string of the molecule is CC(NC(=O)N1C[C@@H](C)[C@H](C(=O)O)C1)C1CCC1.